The van der Waals surface area contributed by atoms with Gasteiger partial charge in [-0.05, 0) is 62.5 Å². The number of ether oxygens (including phenoxy) is 1. The van der Waals surface area contributed by atoms with Crippen LogP contribution in [0.25, 0.3) is 0 Å². The molecule has 4 aliphatic carbocycles. The Labute approximate surface area is 290 Å². The van der Waals surface area contributed by atoms with E-state index in [9.17, 15) is 29.7 Å². The minimum atomic E-state index is -1.71. The fourth-order valence-electron chi connectivity index (χ4n) is 10.1. The first-order chi connectivity index (χ1) is 23.0. The van der Waals surface area contributed by atoms with Gasteiger partial charge in [-0.1, -0.05) is 135 Å². The first-order valence-corrected chi connectivity index (χ1v) is 19.7. The Bertz CT molecular complexity index is 1140. The zero-order valence-corrected chi connectivity index (χ0v) is 30.4. The second-order valence-corrected chi connectivity index (χ2v) is 16.2. The molecule has 0 bridgehead atoms. The maximum absolute atomic E-state index is 13.5. The molecule has 7 nitrogen and oxygen atoms in total. The van der Waals surface area contributed by atoms with E-state index < -0.39 is 47.0 Å². The van der Waals surface area contributed by atoms with Gasteiger partial charge in [-0.25, -0.2) is 4.79 Å². The van der Waals surface area contributed by atoms with Crippen molar-refractivity contribution in [2.75, 3.05) is 6.61 Å². The lowest BCUT2D eigenvalue weighted by Crippen LogP contribution is -2.61. The van der Waals surface area contributed by atoms with Crippen LogP contribution in [0.1, 0.15) is 162 Å². The molecule has 272 valence electrons. The molecule has 0 aliphatic heterocycles. The Hall–Kier alpha value is -1.83. The van der Waals surface area contributed by atoms with Crippen molar-refractivity contribution in [3.63, 3.8) is 0 Å². The fraction of sp³-hybridized carbons (Fsp3) is 0.829. The van der Waals surface area contributed by atoms with Crippen LogP contribution in [-0.4, -0.2) is 57.3 Å². The number of rotatable bonds is 21. The third kappa shape index (κ3) is 8.90. The Morgan fingerprint density at radius 2 is 1.46 bits per heavy atom. The van der Waals surface area contributed by atoms with Crippen LogP contribution in [0.5, 0.6) is 0 Å². The maximum atomic E-state index is 13.5. The van der Waals surface area contributed by atoms with Gasteiger partial charge in [0.15, 0.2) is 18.5 Å². The molecular formula is C41H66O7. The van der Waals surface area contributed by atoms with Gasteiger partial charge in [0.1, 0.15) is 5.60 Å². The van der Waals surface area contributed by atoms with Gasteiger partial charge in [-0.3, -0.25) is 9.59 Å². The lowest BCUT2D eigenvalue weighted by Gasteiger charge is -2.59. The number of carbonyl (C=O) groups is 3. The van der Waals surface area contributed by atoms with E-state index in [4.69, 9.17) is 4.74 Å². The highest BCUT2D eigenvalue weighted by atomic mass is 16.5. The molecule has 0 aromatic heterocycles. The van der Waals surface area contributed by atoms with Crippen LogP contribution in [0, 0.1) is 28.6 Å². The number of unbranched alkanes of at least 4 members (excludes halogenated alkanes) is 15. The number of allylic oxidation sites excluding steroid dienone is 4. The Kier molecular flexibility index (Phi) is 14.5. The molecule has 0 aromatic rings. The van der Waals surface area contributed by atoms with E-state index in [1.165, 1.54) is 83.5 Å². The molecule has 48 heavy (non-hydrogen) atoms. The highest BCUT2D eigenvalue weighted by molar-refractivity contribution is 6.01. The molecule has 8 atom stereocenters. The molecule has 0 saturated heterocycles. The standard InChI is InChI=1S/C41H66O7/c1-4-5-6-7-8-9-10-11-12-13-14-15-16-17-18-19-20-34(43)38(46)48-29-36(45)41(47)26-24-33-32-22-21-30-27-31(42)23-25-39(30,2)37(32)35(44)28-40(33,41)3/h23,25,27,32-35,37,43-44,47H,4-22,24,26,28-29H2,1-3H3/t32-,33-,34?,35?,37+,39-,40-,41-/m0/s1. The van der Waals surface area contributed by atoms with E-state index in [2.05, 4.69) is 13.8 Å². The van der Waals surface area contributed by atoms with Crippen molar-refractivity contribution in [3.05, 3.63) is 23.8 Å². The molecule has 2 unspecified atom stereocenters. The summed E-state index contributed by atoms with van der Waals surface area (Å²) in [6.07, 6.45) is 26.4. The number of fused-ring (bicyclic) bond motifs is 5. The molecule has 3 fully saturated rings. The summed E-state index contributed by atoms with van der Waals surface area (Å²) in [5.41, 5.74) is -1.92. The fourth-order valence-corrected chi connectivity index (χ4v) is 10.1. The number of aliphatic hydroxyl groups excluding tert-OH is 2. The quantitative estimate of drug-likeness (QED) is 0.0833. The second kappa shape index (κ2) is 17.9. The molecule has 0 radical (unpaired) electrons. The lowest BCUT2D eigenvalue weighted by molar-refractivity contribution is -0.182. The van der Waals surface area contributed by atoms with Crippen LogP contribution in [-0.2, 0) is 19.1 Å². The van der Waals surface area contributed by atoms with Crippen molar-refractivity contribution in [3.8, 4) is 0 Å². The van der Waals surface area contributed by atoms with E-state index in [-0.39, 0.29) is 36.4 Å². The van der Waals surface area contributed by atoms with Gasteiger partial charge in [-0.15, -0.1) is 0 Å². The molecule has 0 heterocycles. The monoisotopic (exact) mass is 670 g/mol. The predicted octanol–water partition coefficient (Wildman–Crippen LogP) is 8.12. The van der Waals surface area contributed by atoms with Crippen molar-refractivity contribution in [2.45, 2.75) is 180 Å². The van der Waals surface area contributed by atoms with Crippen LogP contribution in [0.4, 0.5) is 0 Å². The summed E-state index contributed by atoms with van der Waals surface area (Å²) in [5.74, 6) is -1.33. The number of aliphatic hydroxyl groups is 3. The number of carbonyl (C=O) groups excluding carboxylic acids is 3. The molecule has 3 saturated carbocycles. The summed E-state index contributed by atoms with van der Waals surface area (Å²) in [6.45, 7) is 5.69. The van der Waals surface area contributed by atoms with E-state index >= 15 is 0 Å². The van der Waals surface area contributed by atoms with E-state index in [0.717, 1.165) is 37.7 Å². The molecular weight excluding hydrogens is 604 g/mol. The van der Waals surface area contributed by atoms with Gasteiger partial charge in [0.05, 0.1) is 6.10 Å². The maximum Gasteiger partial charge on any atom is 0.335 e. The Morgan fingerprint density at radius 3 is 2.04 bits per heavy atom. The van der Waals surface area contributed by atoms with Gasteiger partial charge >= 0.3 is 5.97 Å². The minimum absolute atomic E-state index is 0.0124. The summed E-state index contributed by atoms with van der Waals surface area (Å²) in [7, 11) is 0. The van der Waals surface area contributed by atoms with Crippen molar-refractivity contribution in [1.29, 1.82) is 0 Å². The van der Waals surface area contributed by atoms with Crippen LogP contribution in [0.3, 0.4) is 0 Å². The van der Waals surface area contributed by atoms with Crippen LogP contribution in [0.15, 0.2) is 23.8 Å². The van der Waals surface area contributed by atoms with Gasteiger partial charge < -0.3 is 20.1 Å². The topological polar surface area (TPSA) is 121 Å². The van der Waals surface area contributed by atoms with Gasteiger partial charge in [0, 0.05) is 16.7 Å². The summed E-state index contributed by atoms with van der Waals surface area (Å²) in [6, 6.07) is 0. The number of hydrogen-bond donors (Lipinski definition) is 3. The number of hydrogen-bond acceptors (Lipinski definition) is 7. The van der Waals surface area contributed by atoms with E-state index in [0.29, 0.717) is 12.8 Å². The second-order valence-electron chi connectivity index (χ2n) is 16.2. The number of ketones is 2. The molecule has 4 rings (SSSR count). The molecule has 3 N–H and O–H groups in total. The molecule has 0 amide bonds. The van der Waals surface area contributed by atoms with E-state index in [1.807, 2.05) is 13.0 Å². The Morgan fingerprint density at radius 1 is 0.896 bits per heavy atom. The molecule has 0 spiro atoms. The highest BCUT2D eigenvalue weighted by Gasteiger charge is 2.68. The normalized spacial score (nSPS) is 33.0. The smallest absolute Gasteiger partial charge is 0.335 e. The molecule has 0 aromatic carbocycles. The van der Waals surface area contributed by atoms with Crippen LogP contribution in [0.2, 0.25) is 0 Å². The largest absolute Gasteiger partial charge is 0.456 e. The van der Waals surface area contributed by atoms with Crippen LogP contribution < -0.4 is 0 Å². The first-order valence-electron chi connectivity index (χ1n) is 19.7. The summed E-state index contributed by atoms with van der Waals surface area (Å²) < 4.78 is 5.27. The van der Waals surface area contributed by atoms with Gasteiger partial charge in [0.2, 0.25) is 5.78 Å². The van der Waals surface area contributed by atoms with Crippen molar-refractivity contribution in [1.82, 2.24) is 0 Å². The van der Waals surface area contributed by atoms with E-state index in [1.54, 1.807) is 12.2 Å². The van der Waals surface area contributed by atoms with Gasteiger partial charge in [0.25, 0.3) is 0 Å². The van der Waals surface area contributed by atoms with Gasteiger partial charge in [-0.2, -0.15) is 0 Å². The summed E-state index contributed by atoms with van der Waals surface area (Å²) in [4.78, 5) is 38.2. The third-order valence-corrected chi connectivity index (χ3v) is 13.1. The SMILES string of the molecule is CCCCCCCCCCCCCCCCCCC(O)C(=O)OCC(=O)[C@@]1(O)CC[C@H]2[C@@H]3CCC4=CC(=O)C=C[C@]4(C)[C@H]3C(O)C[C@@]21C. The minimum Gasteiger partial charge on any atom is -0.456 e. The molecule has 4 aliphatic rings. The first kappa shape index (κ1) is 39.0. The van der Waals surface area contributed by atoms with Crippen molar-refractivity contribution in [2.24, 2.45) is 28.6 Å². The predicted molar refractivity (Wildman–Crippen MR) is 189 cm³/mol. The average molecular weight is 671 g/mol. The zero-order valence-electron chi connectivity index (χ0n) is 30.4. The van der Waals surface area contributed by atoms with Crippen LogP contribution >= 0.6 is 0 Å². The third-order valence-electron chi connectivity index (χ3n) is 13.1. The summed E-state index contributed by atoms with van der Waals surface area (Å²) >= 11 is 0. The van der Waals surface area contributed by atoms with Crippen molar-refractivity contribution < 1.29 is 34.4 Å². The lowest BCUT2D eigenvalue weighted by atomic mass is 9.46. The summed E-state index contributed by atoms with van der Waals surface area (Å²) in [5, 5.41) is 33.8. The number of Topliss-reactive ketones (excluding diaryl/α,β-unsaturated/α-hetero) is 1. The van der Waals surface area contributed by atoms with Crippen molar-refractivity contribution >= 4 is 17.5 Å². The Balaban J connectivity index is 1.11. The average Bonchev–Trinajstić information content (AvgIpc) is 3.33. The number of esters is 1. The zero-order chi connectivity index (χ0) is 34.8. The highest BCUT2D eigenvalue weighted by Crippen LogP contribution is 2.67. The molecule has 7 heteroatoms.